The Morgan fingerprint density at radius 1 is 1.10 bits per heavy atom. The molecule has 0 aromatic heterocycles. The van der Waals surface area contributed by atoms with Crippen molar-refractivity contribution >= 4 is 39.1 Å². The lowest BCUT2D eigenvalue weighted by atomic mass is 10.2. The monoisotopic (exact) mass is 469 g/mol. The van der Waals surface area contributed by atoms with Gasteiger partial charge in [-0.05, 0) is 49.0 Å². The van der Waals surface area contributed by atoms with Crippen LogP contribution in [0.2, 0.25) is 0 Å². The lowest BCUT2D eigenvalue weighted by Crippen LogP contribution is -2.33. The van der Waals surface area contributed by atoms with Crippen molar-refractivity contribution < 1.29 is 23.1 Å². The minimum Gasteiger partial charge on any atom is -0.434 e. The van der Waals surface area contributed by atoms with Gasteiger partial charge >= 0.3 is 6.61 Å². The van der Waals surface area contributed by atoms with Gasteiger partial charge in [0.15, 0.2) is 0 Å². The molecule has 2 N–H and O–H groups in total. The molecule has 0 aliphatic heterocycles. The third-order valence-corrected chi connectivity index (χ3v) is 4.43. The summed E-state index contributed by atoms with van der Waals surface area (Å²) < 4.78 is 30.6. The van der Waals surface area contributed by atoms with Gasteiger partial charge in [-0.3, -0.25) is 14.5 Å². The normalized spacial score (nSPS) is 10.9. The Morgan fingerprint density at radius 2 is 1.72 bits per heavy atom. The summed E-state index contributed by atoms with van der Waals surface area (Å²) in [4.78, 5) is 25.2. The van der Waals surface area contributed by atoms with Gasteiger partial charge in [0.25, 0.3) is 0 Å². The number of amides is 2. The molecule has 0 aliphatic rings. The van der Waals surface area contributed by atoms with Crippen molar-refractivity contribution in [1.29, 1.82) is 0 Å². The smallest absolute Gasteiger partial charge is 0.387 e. The molecular formula is C20H22BrF2N3O3. The van der Waals surface area contributed by atoms with E-state index in [1.807, 2.05) is 6.92 Å². The quantitative estimate of drug-likeness (QED) is 0.568. The topological polar surface area (TPSA) is 70.7 Å². The molecule has 0 saturated heterocycles. The predicted octanol–water partition coefficient (Wildman–Crippen LogP) is 4.47. The average molecular weight is 470 g/mol. The number of nitrogens with zero attached hydrogens (tertiary/aromatic N) is 1. The molecular weight excluding hydrogens is 448 g/mol. The molecule has 29 heavy (non-hydrogen) atoms. The van der Waals surface area contributed by atoms with E-state index in [-0.39, 0.29) is 30.7 Å². The first-order valence-corrected chi connectivity index (χ1v) is 9.69. The van der Waals surface area contributed by atoms with Gasteiger partial charge in [-0.2, -0.15) is 8.78 Å². The van der Waals surface area contributed by atoms with Crippen LogP contribution >= 0.6 is 15.9 Å². The molecule has 156 valence electrons. The van der Waals surface area contributed by atoms with Crippen LogP contribution in [0.1, 0.15) is 19.4 Å². The zero-order valence-electron chi connectivity index (χ0n) is 16.0. The number of ether oxygens (including phenoxy) is 1. The second kappa shape index (κ2) is 10.9. The number of carbonyl (C=O) groups is 2. The summed E-state index contributed by atoms with van der Waals surface area (Å²) in [6.45, 7) is 1.25. The molecule has 0 saturated carbocycles. The zero-order chi connectivity index (χ0) is 21.4. The highest BCUT2D eigenvalue weighted by Crippen LogP contribution is 2.26. The summed E-state index contributed by atoms with van der Waals surface area (Å²) in [5.41, 5.74) is 1.77. The van der Waals surface area contributed by atoms with Crippen molar-refractivity contribution in [1.82, 2.24) is 4.90 Å². The number of benzene rings is 2. The fraction of sp³-hybridized carbons (Fsp3) is 0.300. The van der Waals surface area contributed by atoms with Gasteiger partial charge in [-0.25, -0.2) is 0 Å². The summed E-state index contributed by atoms with van der Waals surface area (Å²) in [7, 11) is 0. The van der Waals surface area contributed by atoms with Crippen LogP contribution in [0, 0.1) is 0 Å². The number of alkyl halides is 2. The highest BCUT2D eigenvalue weighted by atomic mass is 79.9. The molecule has 9 heteroatoms. The van der Waals surface area contributed by atoms with Crippen LogP contribution in [0.15, 0.2) is 46.9 Å². The summed E-state index contributed by atoms with van der Waals surface area (Å²) in [6.07, 6.45) is 0. The van der Waals surface area contributed by atoms with Gasteiger partial charge in [-0.1, -0.05) is 22.9 Å². The van der Waals surface area contributed by atoms with E-state index in [4.69, 9.17) is 0 Å². The lowest BCUT2D eigenvalue weighted by molar-refractivity contribution is -0.117. The van der Waals surface area contributed by atoms with E-state index in [1.165, 1.54) is 13.0 Å². The third kappa shape index (κ3) is 7.78. The van der Waals surface area contributed by atoms with Crippen molar-refractivity contribution in [2.45, 2.75) is 27.0 Å². The standard InChI is InChI=1S/C20H22BrF2N3O3/c1-3-26(11-14-10-15(21)4-9-18(14)29-20(22)23)12-19(28)25-17-7-5-16(6-8-17)24-13(2)27/h4-10,20H,3,11-12H2,1-2H3,(H,24,27)(H,25,28). The Balaban J connectivity index is 2.00. The number of rotatable bonds is 9. The molecule has 0 radical (unpaired) electrons. The maximum atomic E-state index is 12.6. The highest BCUT2D eigenvalue weighted by molar-refractivity contribution is 9.10. The number of hydrogen-bond acceptors (Lipinski definition) is 4. The Kier molecular flexibility index (Phi) is 8.53. The Hall–Kier alpha value is -2.52. The van der Waals surface area contributed by atoms with E-state index in [2.05, 4.69) is 31.3 Å². The van der Waals surface area contributed by atoms with Crippen LogP contribution < -0.4 is 15.4 Å². The molecule has 0 bridgehead atoms. The van der Waals surface area contributed by atoms with Gasteiger partial charge < -0.3 is 15.4 Å². The van der Waals surface area contributed by atoms with E-state index >= 15 is 0 Å². The number of halogens is 3. The van der Waals surface area contributed by atoms with Crippen LogP contribution in [0.4, 0.5) is 20.2 Å². The lowest BCUT2D eigenvalue weighted by Gasteiger charge is -2.21. The van der Waals surface area contributed by atoms with Crippen LogP contribution in [-0.2, 0) is 16.1 Å². The number of hydrogen-bond donors (Lipinski definition) is 2. The van der Waals surface area contributed by atoms with E-state index in [0.29, 0.717) is 23.5 Å². The molecule has 0 heterocycles. The van der Waals surface area contributed by atoms with Gasteiger partial charge in [0.1, 0.15) is 5.75 Å². The minimum atomic E-state index is -2.92. The van der Waals surface area contributed by atoms with Gasteiger partial charge in [-0.15, -0.1) is 0 Å². The average Bonchev–Trinajstić information content (AvgIpc) is 2.64. The molecule has 0 atom stereocenters. The van der Waals surface area contributed by atoms with Gasteiger partial charge in [0.05, 0.1) is 6.54 Å². The van der Waals surface area contributed by atoms with Crippen LogP contribution in [0.5, 0.6) is 5.75 Å². The van der Waals surface area contributed by atoms with E-state index in [0.717, 1.165) is 4.47 Å². The van der Waals surface area contributed by atoms with Crippen molar-refractivity contribution in [3.05, 3.63) is 52.5 Å². The number of anilines is 2. The SMILES string of the molecule is CCN(CC(=O)Nc1ccc(NC(C)=O)cc1)Cc1cc(Br)ccc1OC(F)F. The number of likely N-dealkylation sites (N-methyl/N-ethyl adjacent to an activating group) is 1. The molecule has 2 rings (SSSR count). The Morgan fingerprint density at radius 3 is 2.28 bits per heavy atom. The van der Waals surface area contributed by atoms with Crippen LogP contribution in [0.3, 0.4) is 0 Å². The molecule has 6 nitrogen and oxygen atoms in total. The molecule has 0 unspecified atom stereocenters. The molecule has 0 aliphatic carbocycles. The Labute approximate surface area is 176 Å². The molecule has 2 aromatic carbocycles. The molecule has 2 aromatic rings. The third-order valence-electron chi connectivity index (χ3n) is 3.94. The maximum absolute atomic E-state index is 12.6. The number of nitrogens with one attached hydrogen (secondary N) is 2. The maximum Gasteiger partial charge on any atom is 0.387 e. The second-order valence-electron chi connectivity index (χ2n) is 6.24. The summed E-state index contributed by atoms with van der Waals surface area (Å²) in [5.74, 6) is -0.343. The predicted molar refractivity (Wildman–Crippen MR) is 111 cm³/mol. The van der Waals surface area contributed by atoms with E-state index in [1.54, 1.807) is 41.3 Å². The van der Waals surface area contributed by atoms with E-state index in [9.17, 15) is 18.4 Å². The fourth-order valence-electron chi connectivity index (χ4n) is 2.65. The first-order valence-electron chi connectivity index (χ1n) is 8.90. The minimum absolute atomic E-state index is 0.0740. The van der Waals surface area contributed by atoms with Crippen LogP contribution in [0.25, 0.3) is 0 Å². The van der Waals surface area contributed by atoms with E-state index < -0.39 is 6.61 Å². The fourth-order valence-corrected chi connectivity index (χ4v) is 3.06. The van der Waals surface area contributed by atoms with Gasteiger partial charge in [0, 0.05) is 34.9 Å². The van der Waals surface area contributed by atoms with Crippen molar-refractivity contribution in [3.8, 4) is 5.75 Å². The zero-order valence-corrected chi connectivity index (χ0v) is 17.6. The summed E-state index contributed by atoms with van der Waals surface area (Å²) in [5, 5.41) is 5.43. The summed E-state index contributed by atoms with van der Waals surface area (Å²) in [6, 6.07) is 11.5. The molecule has 0 spiro atoms. The molecule has 2 amide bonds. The largest absolute Gasteiger partial charge is 0.434 e. The Bertz CT molecular complexity index is 847. The first kappa shape index (κ1) is 22.8. The number of carbonyl (C=O) groups excluding carboxylic acids is 2. The highest BCUT2D eigenvalue weighted by Gasteiger charge is 2.15. The second-order valence-corrected chi connectivity index (χ2v) is 7.16. The van der Waals surface area contributed by atoms with Crippen LogP contribution in [-0.4, -0.2) is 36.4 Å². The summed E-state index contributed by atoms with van der Waals surface area (Å²) >= 11 is 3.32. The molecule has 0 fully saturated rings. The first-order chi connectivity index (χ1) is 13.8. The van der Waals surface area contributed by atoms with Crippen molar-refractivity contribution in [2.75, 3.05) is 23.7 Å². The van der Waals surface area contributed by atoms with Crippen molar-refractivity contribution in [2.24, 2.45) is 0 Å². The van der Waals surface area contributed by atoms with Gasteiger partial charge in [0.2, 0.25) is 11.8 Å². The van der Waals surface area contributed by atoms with Crippen molar-refractivity contribution in [3.63, 3.8) is 0 Å².